The molecule has 0 spiro atoms. The van der Waals surface area contributed by atoms with Crippen LogP contribution in [0.3, 0.4) is 0 Å². The van der Waals surface area contributed by atoms with E-state index in [4.69, 9.17) is 11.6 Å². The van der Waals surface area contributed by atoms with Crippen molar-refractivity contribution in [2.45, 2.75) is 25.4 Å². The highest BCUT2D eigenvalue weighted by Crippen LogP contribution is 2.60. The molecule has 64 valence electrons. The third-order valence-corrected chi connectivity index (χ3v) is 2.07. The number of hydrogen-bond acceptors (Lipinski definition) is 1. The van der Waals surface area contributed by atoms with Crippen molar-refractivity contribution in [3.05, 3.63) is 0 Å². The molecule has 11 heavy (non-hydrogen) atoms. The summed E-state index contributed by atoms with van der Waals surface area (Å²) in [6.07, 6.45) is -4.76. The Balaban J connectivity index is 2.61. The highest BCUT2D eigenvalue weighted by molar-refractivity contribution is 6.63. The van der Waals surface area contributed by atoms with Gasteiger partial charge < -0.3 is 0 Å². The topological polar surface area (TPSA) is 17.1 Å². The molecule has 1 aliphatic rings. The molecule has 0 saturated heterocycles. The van der Waals surface area contributed by atoms with Crippen LogP contribution < -0.4 is 0 Å². The smallest absolute Gasteiger partial charge is 0.281 e. The second-order valence-electron chi connectivity index (χ2n) is 2.81. The molecule has 1 nitrogen and oxygen atoms in total. The molecule has 0 unspecified atom stereocenters. The molecule has 0 aliphatic heterocycles. The maximum absolute atomic E-state index is 12.0. The Bertz CT molecular complexity index is 183. The van der Waals surface area contributed by atoms with Crippen LogP contribution in [0.25, 0.3) is 0 Å². The fourth-order valence-corrected chi connectivity index (χ4v) is 1.23. The van der Waals surface area contributed by atoms with Gasteiger partial charge in [0.2, 0.25) is 5.24 Å². The monoisotopic (exact) mass is 186 g/mol. The molecule has 0 heterocycles. The van der Waals surface area contributed by atoms with E-state index in [9.17, 15) is 18.0 Å². The van der Waals surface area contributed by atoms with Crippen molar-refractivity contribution in [2.75, 3.05) is 0 Å². The summed E-state index contributed by atoms with van der Waals surface area (Å²) in [5.74, 6) is 0. The predicted octanol–water partition coefficient (Wildman–Crippen LogP) is 2.48. The van der Waals surface area contributed by atoms with Crippen molar-refractivity contribution in [2.24, 2.45) is 5.41 Å². The average molecular weight is 187 g/mol. The van der Waals surface area contributed by atoms with E-state index < -0.39 is 23.3 Å². The molecule has 0 bridgehead atoms. The van der Waals surface area contributed by atoms with Crippen molar-refractivity contribution in [3.8, 4) is 0 Å². The molecule has 0 radical (unpaired) electrons. The van der Waals surface area contributed by atoms with Crippen molar-refractivity contribution >= 4 is 16.8 Å². The van der Waals surface area contributed by atoms with E-state index in [1.54, 1.807) is 0 Å². The number of rotatable bonds is 2. The van der Waals surface area contributed by atoms with Crippen LogP contribution in [0.5, 0.6) is 0 Å². The van der Waals surface area contributed by atoms with Gasteiger partial charge in [-0.3, -0.25) is 4.79 Å². The lowest BCUT2D eigenvalue weighted by Crippen LogP contribution is -2.25. The second-order valence-corrected chi connectivity index (χ2v) is 3.23. The second kappa shape index (κ2) is 2.37. The molecular formula is C6H6ClF3O. The zero-order valence-corrected chi connectivity index (χ0v) is 6.30. The van der Waals surface area contributed by atoms with Gasteiger partial charge in [0.1, 0.15) is 0 Å². The zero-order chi connectivity index (χ0) is 8.70. The van der Waals surface area contributed by atoms with Crippen molar-refractivity contribution in [1.82, 2.24) is 0 Å². The quantitative estimate of drug-likeness (QED) is 0.606. The molecular weight excluding hydrogens is 181 g/mol. The maximum Gasteiger partial charge on any atom is 0.394 e. The minimum Gasteiger partial charge on any atom is -0.281 e. The van der Waals surface area contributed by atoms with Gasteiger partial charge in [0, 0.05) is 6.42 Å². The number of carbonyl (C=O) groups excluding carboxylic acids is 1. The van der Waals surface area contributed by atoms with E-state index in [1.165, 1.54) is 0 Å². The molecule has 0 amide bonds. The number of alkyl halides is 3. The largest absolute Gasteiger partial charge is 0.394 e. The predicted molar refractivity (Wildman–Crippen MR) is 33.2 cm³/mol. The summed E-state index contributed by atoms with van der Waals surface area (Å²) in [7, 11) is 0. The van der Waals surface area contributed by atoms with Crippen molar-refractivity contribution in [3.63, 3.8) is 0 Å². The molecule has 0 N–H and O–H groups in total. The van der Waals surface area contributed by atoms with E-state index in [1.807, 2.05) is 0 Å². The lowest BCUT2D eigenvalue weighted by molar-refractivity contribution is -0.189. The molecule has 0 aromatic rings. The molecule has 1 aliphatic carbocycles. The van der Waals surface area contributed by atoms with Gasteiger partial charge in [-0.15, -0.1) is 0 Å². The molecule has 1 fully saturated rings. The van der Waals surface area contributed by atoms with Gasteiger partial charge in [-0.25, -0.2) is 0 Å². The fraction of sp³-hybridized carbons (Fsp3) is 0.833. The first kappa shape index (κ1) is 8.84. The number of hydrogen-bond donors (Lipinski definition) is 0. The van der Waals surface area contributed by atoms with E-state index in [-0.39, 0.29) is 12.8 Å². The minimum absolute atomic E-state index is 0.0367. The molecule has 5 heteroatoms. The third-order valence-electron chi connectivity index (χ3n) is 1.93. The zero-order valence-electron chi connectivity index (χ0n) is 5.54. The van der Waals surface area contributed by atoms with Crippen molar-refractivity contribution < 1.29 is 18.0 Å². The van der Waals surface area contributed by atoms with Crippen LogP contribution in [0.1, 0.15) is 19.3 Å². The van der Waals surface area contributed by atoms with Crippen molar-refractivity contribution in [1.29, 1.82) is 0 Å². The van der Waals surface area contributed by atoms with E-state index in [0.717, 1.165) is 0 Å². The van der Waals surface area contributed by atoms with Crippen LogP contribution in [-0.2, 0) is 4.79 Å². The first-order valence-corrected chi connectivity index (χ1v) is 3.50. The Labute approximate surface area is 66.5 Å². The van der Waals surface area contributed by atoms with Crippen LogP contribution in [0.4, 0.5) is 13.2 Å². The average Bonchev–Trinajstić information content (AvgIpc) is 2.42. The first-order chi connectivity index (χ1) is 4.87. The van der Waals surface area contributed by atoms with Crippen LogP contribution in [0, 0.1) is 5.41 Å². The van der Waals surface area contributed by atoms with E-state index in [0.29, 0.717) is 0 Å². The van der Waals surface area contributed by atoms with E-state index in [2.05, 4.69) is 0 Å². The van der Waals surface area contributed by atoms with E-state index >= 15 is 0 Å². The summed E-state index contributed by atoms with van der Waals surface area (Å²) in [6, 6.07) is 0. The molecule has 0 aromatic heterocycles. The normalized spacial score (nSPS) is 21.5. The summed E-state index contributed by atoms with van der Waals surface area (Å²) in [4.78, 5) is 10.2. The number of halogens is 4. The lowest BCUT2D eigenvalue weighted by Gasteiger charge is -2.16. The fourth-order valence-electron chi connectivity index (χ4n) is 0.977. The molecule has 1 saturated carbocycles. The third kappa shape index (κ3) is 1.67. The maximum atomic E-state index is 12.0. The Hall–Kier alpha value is -0.250. The summed E-state index contributed by atoms with van der Waals surface area (Å²) >= 11 is 4.87. The Morgan fingerprint density at radius 2 is 1.91 bits per heavy atom. The van der Waals surface area contributed by atoms with Crippen LogP contribution in [-0.4, -0.2) is 11.4 Å². The van der Waals surface area contributed by atoms with Gasteiger partial charge in [-0.2, -0.15) is 13.2 Å². The van der Waals surface area contributed by atoms with Gasteiger partial charge in [-0.05, 0) is 24.4 Å². The highest BCUT2D eigenvalue weighted by Gasteiger charge is 2.63. The Morgan fingerprint density at radius 1 is 1.45 bits per heavy atom. The first-order valence-electron chi connectivity index (χ1n) is 3.12. The molecule has 1 rings (SSSR count). The highest BCUT2D eigenvalue weighted by atomic mass is 35.5. The summed E-state index contributed by atoms with van der Waals surface area (Å²) in [6.45, 7) is 0. The van der Waals surface area contributed by atoms with Gasteiger partial charge >= 0.3 is 6.18 Å². The minimum atomic E-state index is -4.27. The van der Waals surface area contributed by atoms with Gasteiger partial charge in [0.15, 0.2) is 0 Å². The summed E-state index contributed by atoms with van der Waals surface area (Å²) in [5, 5.41) is -0.903. The van der Waals surface area contributed by atoms with Crippen LogP contribution >= 0.6 is 11.6 Å². The lowest BCUT2D eigenvalue weighted by atomic mass is 10.0. The standard InChI is InChI=1S/C6H6ClF3O/c7-4(11)3-5(1-2-5)6(8,9)10/h1-3H2. The van der Waals surface area contributed by atoms with Gasteiger partial charge in [0.05, 0.1) is 5.41 Å². The molecule has 0 aromatic carbocycles. The van der Waals surface area contributed by atoms with Gasteiger partial charge in [-0.1, -0.05) is 0 Å². The summed E-state index contributed by atoms with van der Waals surface area (Å²) < 4.78 is 36.1. The summed E-state index contributed by atoms with van der Waals surface area (Å²) in [5.41, 5.74) is -1.77. The Kier molecular flexibility index (Phi) is 1.90. The molecule has 0 atom stereocenters. The Morgan fingerprint density at radius 3 is 2.00 bits per heavy atom. The van der Waals surface area contributed by atoms with Crippen LogP contribution in [0.2, 0.25) is 0 Å². The van der Waals surface area contributed by atoms with Gasteiger partial charge in [0.25, 0.3) is 0 Å². The van der Waals surface area contributed by atoms with Crippen LogP contribution in [0.15, 0.2) is 0 Å². The SMILES string of the molecule is O=C(Cl)CC1(C(F)(F)F)CC1. The number of carbonyl (C=O) groups is 1.